The molecule has 0 aliphatic carbocycles. The molecule has 154 valence electrons. The van der Waals surface area contributed by atoms with Gasteiger partial charge in [0.05, 0.1) is 12.5 Å². The number of likely N-dealkylation sites (tertiary alicyclic amines) is 1. The Bertz CT molecular complexity index is 708. The summed E-state index contributed by atoms with van der Waals surface area (Å²) in [4.78, 5) is 28.8. The second-order valence-corrected chi connectivity index (χ2v) is 7.51. The largest absolute Gasteiger partial charge is 0.384 e. The molecule has 1 aromatic rings. The highest BCUT2D eigenvalue weighted by molar-refractivity contribution is 5.88. The molecule has 1 aromatic carbocycles. The fourth-order valence-electron chi connectivity index (χ4n) is 3.92. The van der Waals surface area contributed by atoms with Crippen molar-refractivity contribution in [2.75, 3.05) is 39.9 Å². The molecular formula is C20H27F2N3O3. The van der Waals surface area contributed by atoms with Gasteiger partial charge in [0.15, 0.2) is 11.6 Å². The van der Waals surface area contributed by atoms with Gasteiger partial charge in [-0.15, -0.1) is 0 Å². The number of carbonyl (C=O) groups is 2. The van der Waals surface area contributed by atoms with Crippen LogP contribution < -0.4 is 5.32 Å². The number of amides is 2. The van der Waals surface area contributed by atoms with E-state index in [-0.39, 0.29) is 18.2 Å². The van der Waals surface area contributed by atoms with Crippen molar-refractivity contribution in [2.45, 2.75) is 31.8 Å². The van der Waals surface area contributed by atoms with Gasteiger partial charge in [-0.25, -0.2) is 8.78 Å². The van der Waals surface area contributed by atoms with E-state index in [9.17, 15) is 18.4 Å². The average molecular weight is 395 g/mol. The van der Waals surface area contributed by atoms with Crippen LogP contribution in [0.5, 0.6) is 0 Å². The molecule has 2 saturated heterocycles. The van der Waals surface area contributed by atoms with Gasteiger partial charge in [-0.2, -0.15) is 0 Å². The minimum absolute atomic E-state index is 0.0480. The van der Waals surface area contributed by atoms with Crippen LogP contribution in [-0.2, 0) is 20.9 Å². The zero-order valence-corrected chi connectivity index (χ0v) is 16.1. The molecule has 0 bridgehead atoms. The number of carbonyl (C=O) groups excluding carboxylic acids is 2. The van der Waals surface area contributed by atoms with Crippen LogP contribution in [-0.4, -0.2) is 67.6 Å². The molecule has 0 saturated carbocycles. The molecule has 3 rings (SSSR count). The molecule has 2 fully saturated rings. The predicted octanol–water partition coefficient (Wildman–Crippen LogP) is 1.54. The normalized spacial score (nSPS) is 21.6. The van der Waals surface area contributed by atoms with Crippen LogP contribution in [0.1, 0.15) is 24.8 Å². The van der Waals surface area contributed by atoms with Gasteiger partial charge < -0.3 is 15.0 Å². The van der Waals surface area contributed by atoms with Crippen LogP contribution >= 0.6 is 0 Å². The number of nitrogens with zero attached hydrogens (tertiary/aromatic N) is 2. The van der Waals surface area contributed by atoms with Gasteiger partial charge in [0, 0.05) is 46.4 Å². The molecule has 2 heterocycles. The van der Waals surface area contributed by atoms with Crippen LogP contribution in [0.25, 0.3) is 0 Å². The van der Waals surface area contributed by atoms with E-state index >= 15 is 0 Å². The van der Waals surface area contributed by atoms with Crippen molar-refractivity contribution in [3.8, 4) is 0 Å². The SMILES string of the molecule is COCC1CCN(C(=O)C[C@H]2C(=O)NCCN2Cc2ccc(F)c(F)c2)CC1. The Morgan fingerprint density at radius 1 is 1.21 bits per heavy atom. The second-order valence-electron chi connectivity index (χ2n) is 7.51. The molecular weight excluding hydrogens is 368 g/mol. The number of benzene rings is 1. The summed E-state index contributed by atoms with van der Waals surface area (Å²) in [6, 6.07) is 3.12. The highest BCUT2D eigenvalue weighted by atomic mass is 19.2. The number of nitrogens with one attached hydrogen (secondary N) is 1. The van der Waals surface area contributed by atoms with Crippen LogP contribution in [0.2, 0.25) is 0 Å². The molecule has 0 spiro atoms. The van der Waals surface area contributed by atoms with Crippen molar-refractivity contribution in [1.82, 2.24) is 15.1 Å². The summed E-state index contributed by atoms with van der Waals surface area (Å²) >= 11 is 0. The van der Waals surface area contributed by atoms with Gasteiger partial charge in [0.1, 0.15) is 0 Å². The van der Waals surface area contributed by atoms with Gasteiger partial charge in [-0.3, -0.25) is 14.5 Å². The lowest BCUT2D eigenvalue weighted by Crippen LogP contribution is -2.56. The number of hydrogen-bond donors (Lipinski definition) is 1. The Kier molecular flexibility index (Phi) is 6.96. The van der Waals surface area contributed by atoms with E-state index in [4.69, 9.17) is 4.74 Å². The second kappa shape index (κ2) is 9.43. The smallest absolute Gasteiger partial charge is 0.237 e. The molecule has 1 atom stereocenters. The van der Waals surface area contributed by atoms with Crippen LogP contribution in [0.4, 0.5) is 8.78 Å². The summed E-state index contributed by atoms with van der Waals surface area (Å²) in [6.45, 7) is 3.36. The van der Waals surface area contributed by atoms with Gasteiger partial charge in [0.2, 0.25) is 11.8 Å². The molecule has 2 aliphatic rings. The lowest BCUT2D eigenvalue weighted by atomic mass is 9.97. The quantitative estimate of drug-likeness (QED) is 0.794. The zero-order chi connectivity index (χ0) is 20.1. The average Bonchev–Trinajstić information content (AvgIpc) is 2.68. The van der Waals surface area contributed by atoms with Crippen LogP contribution in [0.15, 0.2) is 18.2 Å². The third-order valence-electron chi connectivity index (χ3n) is 5.55. The Labute approximate surface area is 163 Å². The summed E-state index contributed by atoms with van der Waals surface area (Å²) in [5, 5.41) is 2.80. The molecule has 6 nitrogen and oxygen atoms in total. The van der Waals surface area contributed by atoms with E-state index < -0.39 is 17.7 Å². The fraction of sp³-hybridized carbons (Fsp3) is 0.600. The molecule has 2 aliphatic heterocycles. The number of rotatable bonds is 6. The summed E-state index contributed by atoms with van der Waals surface area (Å²) in [5.41, 5.74) is 0.575. The van der Waals surface area contributed by atoms with Crippen molar-refractivity contribution in [1.29, 1.82) is 0 Å². The topological polar surface area (TPSA) is 61.9 Å². The maximum atomic E-state index is 13.5. The number of halogens is 2. The van der Waals surface area contributed by atoms with Crippen LogP contribution in [0.3, 0.4) is 0 Å². The van der Waals surface area contributed by atoms with Crippen LogP contribution in [0, 0.1) is 17.6 Å². The van der Waals surface area contributed by atoms with Gasteiger partial charge in [-0.05, 0) is 36.5 Å². The first kappa shape index (κ1) is 20.7. The van der Waals surface area contributed by atoms with E-state index in [1.807, 2.05) is 9.80 Å². The summed E-state index contributed by atoms with van der Waals surface area (Å²) in [5.74, 6) is -1.59. The van der Waals surface area contributed by atoms with E-state index in [0.717, 1.165) is 25.0 Å². The lowest BCUT2D eigenvalue weighted by molar-refractivity contribution is -0.140. The van der Waals surface area contributed by atoms with Gasteiger partial charge in [-0.1, -0.05) is 6.07 Å². The summed E-state index contributed by atoms with van der Waals surface area (Å²) in [6.07, 6.45) is 1.88. The zero-order valence-electron chi connectivity index (χ0n) is 16.1. The van der Waals surface area contributed by atoms with E-state index in [1.165, 1.54) is 6.07 Å². The Balaban J connectivity index is 1.61. The maximum absolute atomic E-state index is 13.5. The first-order valence-corrected chi connectivity index (χ1v) is 9.70. The minimum Gasteiger partial charge on any atom is -0.384 e. The Hall–Kier alpha value is -2.06. The van der Waals surface area contributed by atoms with E-state index in [1.54, 1.807) is 7.11 Å². The van der Waals surface area contributed by atoms with Crippen molar-refractivity contribution in [2.24, 2.45) is 5.92 Å². The fourth-order valence-corrected chi connectivity index (χ4v) is 3.92. The van der Waals surface area contributed by atoms with Crippen molar-refractivity contribution in [3.63, 3.8) is 0 Å². The van der Waals surface area contributed by atoms with E-state index in [0.29, 0.717) is 50.8 Å². The first-order valence-electron chi connectivity index (χ1n) is 9.70. The lowest BCUT2D eigenvalue weighted by Gasteiger charge is -2.37. The molecule has 0 unspecified atom stereocenters. The monoisotopic (exact) mass is 395 g/mol. The molecule has 1 N–H and O–H groups in total. The predicted molar refractivity (Wildman–Crippen MR) is 99.4 cm³/mol. The van der Waals surface area contributed by atoms with E-state index in [2.05, 4.69) is 5.32 Å². The van der Waals surface area contributed by atoms with Gasteiger partial charge >= 0.3 is 0 Å². The first-order chi connectivity index (χ1) is 13.5. The summed E-state index contributed by atoms with van der Waals surface area (Å²) < 4.78 is 31.8. The third-order valence-corrected chi connectivity index (χ3v) is 5.55. The number of piperidine rings is 1. The highest BCUT2D eigenvalue weighted by Gasteiger charge is 2.34. The Morgan fingerprint density at radius 3 is 2.64 bits per heavy atom. The standard InChI is InChI=1S/C20H27F2N3O3/c1-28-13-14-4-7-24(8-5-14)19(26)11-18-20(27)23-6-9-25(18)12-15-2-3-16(21)17(22)10-15/h2-3,10,14,18H,4-9,11-13H2,1H3,(H,23,27)/t18-/m0/s1. The molecule has 2 amide bonds. The van der Waals surface area contributed by atoms with Crippen molar-refractivity contribution in [3.05, 3.63) is 35.4 Å². The number of piperazine rings is 1. The molecule has 8 heteroatoms. The Morgan fingerprint density at radius 2 is 1.96 bits per heavy atom. The van der Waals surface area contributed by atoms with Gasteiger partial charge in [0.25, 0.3) is 0 Å². The third kappa shape index (κ3) is 5.05. The molecule has 0 aromatic heterocycles. The van der Waals surface area contributed by atoms with Crippen molar-refractivity contribution >= 4 is 11.8 Å². The highest BCUT2D eigenvalue weighted by Crippen LogP contribution is 2.21. The maximum Gasteiger partial charge on any atom is 0.237 e. The minimum atomic E-state index is -0.912. The number of hydrogen-bond acceptors (Lipinski definition) is 4. The number of ether oxygens (including phenoxy) is 1. The molecule has 0 radical (unpaired) electrons. The van der Waals surface area contributed by atoms with Crippen molar-refractivity contribution < 1.29 is 23.1 Å². The summed E-state index contributed by atoms with van der Waals surface area (Å²) in [7, 11) is 1.68. The number of methoxy groups -OCH3 is 1. The molecule has 28 heavy (non-hydrogen) atoms.